The average molecular weight is 511 g/mol. The molecule has 4 rings (SSSR count). The third-order valence-electron chi connectivity index (χ3n) is 5.99. The van der Waals surface area contributed by atoms with Crippen molar-refractivity contribution in [3.05, 3.63) is 95.6 Å². The van der Waals surface area contributed by atoms with Gasteiger partial charge in [-0.15, -0.1) is 0 Å². The molecule has 0 atom stereocenters. The number of hydrogen-bond donors (Lipinski definition) is 2. The highest BCUT2D eigenvalue weighted by Crippen LogP contribution is 2.32. The molecule has 0 radical (unpaired) electrons. The molecule has 0 aliphatic carbocycles. The van der Waals surface area contributed by atoms with Gasteiger partial charge in [0, 0.05) is 43.1 Å². The molecule has 10 heteroatoms. The number of piperazine rings is 1. The smallest absolute Gasteiger partial charge is 0.356 e. The lowest BCUT2D eigenvalue weighted by molar-refractivity contribution is -0.138. The first-order chi connectivity index (χ1) is 17.7. The van der Waals surface area contributed by atoms with E-state index >= 15 is 0 Å². The van der Waals surface area contributed by atoms with E-state index in [0.29, 0.717) is 5.56 Å². The second-order valence-electron chi connectivity index (χ2n) is 8.47. The van der Waals surface area contributed by atoms with Gasteiger partial charge in [0.15, 0.2) is 0 Å². The number of benzene rings is 3. The van der Waals surface area contributed by atoms with Crippen LogP contribution in [0.5, 0.6) is 0 Å². The maximum atomic E-state index is 13.3. The van der Waals surface area contributed by atoms with Crippen LogP contribution in [0.3, 0.4) is 0 Å². The third kappa shape index (κ3) is 6.46. The largest absolute Gasteiger partial charge is 0.417 e. The first kappa shape index (κ1) is 25.7. The fourth-order valence-corrected chi connectivity index (χ4v) is 4.01. The lowest BCUT2D eigenvalue weighted by Crippen LogP contribution is -2.52. The molecule has 3 amide bonds. The molecular weight excluding hydrogens is 485 g/mol. The lowest BCUT2D eigenvalue weighted by Gasteiger charge is -2.35. The van der Waals surface area contributed by atoms with Crippen molar-refractivity contribution >= 4 is 29.1 Å². The summed E-state index contributed by atoms with van der Waals surface area (Å²) in [7, 11) is 0. The molecule has 1 saturated heterocycles. The van der Waals surface area contributed by atoms with Gasteiger partial charge in [-0.25, -0.2) is 0 Å². The van der Waals surface area contributed by atoms with Gasteiger partial charge in [0.1, 0.15) is 0 Å². The van der Waals surface area contributed by atoms with Crippen LogP contribution in [0.25, 0.3) is 0 Å². The molecule has 0 unspecified atom stereocenters. The maximum absolute atomic E-state index is 13.3. The predicted molar refractivity (Wildman–Crippen MR) is 132 cm³/mol. The number of carbonyl (C=O) groups excluding carboxylic acids is 3. The molecule has 7 nitrogen and oxygen atoms in total. The van der Waals surface area contributed by atoms with Crippen molar-refractivity contribution in [3.63, 3.8) is 0 Å². The topological polar surface area (TPSA) is 81.8 Å². The van der Waals surface area contributed by atoms with Crippen molar-refractivity contribution in [1.29, 1.82) is 0 Å². The van der Waals surface area contributed by atoms with E-state index in [2.05, 4.69) is 10.6 Å². The fraction of sp³-hybridized carbons (Fsp3) is 0.222. The second kappa shape index (κ2) is 11.2. The van der Waals surface area contributed by atoms with Crippen LogP contribution in [-0.2, 0) is 11.0 Å². The van der Waals surface area contributed by atoms with Crippen LogP contribution in [0.1, 0.15) is 26.3 Å². The highest BCUT2D eigenvalue weighted by atomic mass is 19.4. The Balaban J connectivity index is 1.26. The molecular formula is C27H25F3N4O3. The van der Waals surface area contributed by atoms with E-state index in [-0.39, 0.29) is 38.6 Å². The molecule has 37 heavy (non-hydrogen) atoms. The van der Waals surface area contributed by atoms with Crippen molar-refractivity contribution in [2.45, 2.75) is 6.18 Å². The van der Waals surface area contributed by atoms with Crippen molar-refractivity contribution < 1.29 is 27.6 Å². The Hall–Kier alpha value is -4.34. The van der Waals surface area contributed by atoms with Crippen molar-refractivity contribution in [1.82, 2.24) is 15.1 Å². The molecule has 0 spiro atoms. The quantitative estimate of drug-likeness (QED) is 0.522. The normalized spacial score (nSPS) is 13.7. The first-order valence-corrected chi connectivity index (χ1v) is 11.7. The number of anilines is 2. The number of hydrogen-bond acceptors (Lipinski definition) is 4. The zero-order chi connectivity index (χ0) is 26.4. The fourth-order valence-electron chi connectivity index (χ4n) is 4.01. The SMILES string of the molecule is O=C(NCC(=O)N1CCN(C(=O)c2ccccc2C(F)(F)F)CC1)c1ccc(Nc2ccccc2)cc1. The van der Waals surface area contributed by atoms with Gasteiger partial charge >= 0.3 is 6.18 Å². The van der Waals surface area contributed by atoms with E-state index in [4.69, 9.17) is 0 Å². The van der Waals surface area contributed by atoms with Gasteiger partial charge < -0.3 is 20.4 Å². The van der Waals surface area contributed by atoms with Crippen LogP contribution in [0.15, 0.2) is 78.9 Å². The number of halogens is 3. The average Bonchev–Trinajstić information content (AvgIpc) is 2.92. The van der Waals surface area contributed by atoms with Crippen molar-refractivity contribution in [2.24, 2.45) is 0 Å². The molecule has 3 aromatic rings. The molecule has 2 N–H and O–H groups in total. The van der Waals surface area contributed by atoms with Gasteiger partial charge in [0.25, 0.3) is 11.8 Å². The molecule has 1 heterocycles. The van der Waals surface area contributed by atoms with Crippen LogP contribution >= 0.6 is 0 Å². The minimum absolute atomic E-state index is 0.0978. The van der Waals surface area contributed by atoms with Gasteiger partial charge in [-0.3, -0.25) is 14.4 Å². The molecule has 192 valence electrons. The number of amides is 3. The number of nitrogens with one attached hydrogen (secondary N) is 2. The van der Waals surface area contributed by atoms with Gasteiger partial charge in [0.05, 0.1) is 17.7 Å². The zero-order valence-corrected chi connectivity index (χ0v) is 19.8. The minimum Gasteiger partial charge on any atom is -0.356 e. The second-order valence-corrected chi connectivity index (χ2v) is 8.47. The van der Waals surface area contributed by atoms with Gasteiger partial charge in [-0.1, -0.05) is 30.3 Å². The van der Waals surface area contributed by atoms with E-state index in [1.165, 1.54) is 21.9 Å². The molecule has 1 fully saturated rings. The zero-order valence-electron chi connectivity index (χ0n) is 19.8. The van der Waals surface area contributed by atoms with Crippen LogP contribution in [-0.4, -0.2) is 60.2 Å². The summed E-state index contributed by atoms with van der Waals surface area (Å²) in [4.78, 5) is 40.5. The monoisotopic (exact) mass is 510 g/mol. The van der Waals surface area contributed by atoms with Gasteiger partial charge in [-0.2, -0.15) is 13.2 Å². The summed E-state index contributed by atoms with van der Waals surface area (Å²) < 4.78 is 39.8. The molecule has 3 aromatic carbocycles. The van der Waals surface area contributed by atoms with Gasteiger partial charge in [0.2, 0.25) is 5.91 Å². The Bertz CT molecular complexity index is 1260. The third-order valence-corrected chi connectivity index (χ3v) is 5.99. The Morgan fingerprint density at radius 3 is 1.95 bits per heavy atom. The van der Waals surface area contributed by atoms with Crippen LogP contribution < -0.4 is 10.6 Å². The molecule has 0 saturated carbocycles. The number of nitrogens with zero attached hydrogens (tertiary/aromatic N) is 2. The van der Waals surface area contributed by atoms with E-state index in [9.17, 15) is 27.6 Å². The van der Waals surface area contributed by atoms with E-state index < -0.39 is 29.1 Å². The predicted octanol–water partition coefficient (Wildman–Crippen LogP) is 4.16. The van der Waals surface area contributed by atoms with Crippen molar-refractivity contribution in [2.75, 3.05) is 38.0 Å². The summed E-state index contributed by atoms with van der Waals surface area (Å²) in [6.45, 7) is 0.290. The van der Waals surface area contributed by atoms with Crippen molar-refractivity contribution in [3.8, 4) is 0 Å². The van der Waals surface area contributed by atoms with E-state index in [0.717, 1.165) is 23.5 Å². The molecule has 1 aliphatic heterocycles. The number of alkyl halides is 3. The summed E-state index contributed by atoms with van der Waals surface area (Å²) in [5.41, 5.74) is 0.725. The minimum atomic E-state index is -4.64. The summed E-state index contributed by atoms with van der Waals surface area (Å²) >= 11 is 0. The summed E-state index contributed by atoms with van der Waals surface area (Å²) in [5, 5.41) is 5.81. The molecule has 1 aliphatic rings. The summed E-state index contributed by atoms with van der Waals surface area (Å²) in [6, 6.07) is 21.0. The van der Waals surface area contributed by atoms with E-state index in [1.807, 2.05) is 30.3 Å². The summed E-state index contributed by atoms with van der Waals surface area (Å²) in [6.07, 6.45) is -4.64. The Labute approximate surface area is 211 Å². The maximum Gasteiger partial charge on any atom is 0.417 e. The Kier molecular flexibility index (Phi) is 7.76. The number of carbonyl (C=O) groups is 3. The first-order valence-electron chi connectivity index (χ1n) is 11.7. The molecule has 0 bridgehead atoms. The van der Waals surface area contributed by atoms with Crippen LogP contribution in [0.4, 0.5) is 24.5 Å². The van der Waals surface area contributed by atoms with Gasteiger partial charge in [-0.05, 0) is 48.5 Å². The Morgan fingerprint density at radius 2 is 1.30 bits per heavy atom. The standard InChI is InChI=1S/C27H25F3N4O3/c28-27(29,30)23-9-5-4-8-22(23)26(37)34-16-14-33(15-17-34)24(35)18-31-25(36)19-10-12-21(13-11-19)32-20-6-2-1-3-7-20/h1-13,32H,14-18H2,(H,31,36). The lowest BCUT2D eigenvalue weighted by atomic mass is 10.1. The number of para-hydroxylation sites is 1. The molecule has 0 aromatic heterocycles. The highest BCUT2D eigenvalue weighted by molar-refractivity contribution is 5.97. The van der Waals surface area contributed by atoms with Crippen LogP contribution in [0, 0.1) is 0 Å². The summed E-state index contributed by atoms with van der Waals surface area (Å²) in [5.74, 6) is -1.46. The van der Waals surface area contributed by atoms with E-state index in [1.54, 1.807) is 24.3 Å². The highest BCUT2D eigenvalue weighted by Gasteiger charge is 2.36. The Morgan fingerprint density at radius 1 is 0.730 bits per heavy atom. The number of rotatable bonds is 6. The van der Waals surface area contributed by atoms with Crippen LogP contribution in [0.2, 0.25) is 0 Å².